The van der Waals surface area contributed by atoms with Crippen molar-refractivity contribution >= 4 is 22.7 Å². The zero-order chi connectivity index (χ0) is 12.3. The topological polar surface area (TPSA) is 47.3 Å². The number of benzene rings is 1. The van der Waals surface area contributed by atoms with E-state index in [9.17, 15) is 0 Å². The van der Waals surface area contributed by atoms with Gasteiger partial charge < -0.3 is 15.8 Å². The van der Waals surface area contributed by atoms with Crippen LogP contribution in [0.25, 0.3) is 0 Å². The van der Waals surface area contributed by atoms with E-state index in [4.69, 9.17) is 10.5 Å². The molecule has 0 bridgehead atoms. The maximum Gasteiger partial charge on any atom is 0.143 e. The van der Waals surface area contributed by atoms with E-state index >= 15 is 0 Å². The summed E-state index contributed by atoms with van der Waals surface area (Å²) in [5.41, 5.74) is 10.1. The summed E-state index contributed by atoms with van der Waals surface area (Å²) in [5.74, 6) is 0.706. The van der Waals surface area contributed by atoms with Crippen molar-refractivity contribution in [2.75, 3.05) is 18.2 Å². The summed E-state index contributed by atoms with van der Waals surface area (Å²) in [6.07, 6.45) is 0. The number of rotatable bonds is 4. The molecule has 0 radical (unpaired) electrons. The lowest BCUT2D eigenvalue weighted by Gasteiger charge is -2.09. The van der Waals surface area contributed by atoms with Gasteiger partial charge in [0.1, 0.15) is 5.75 Å². The molecule has 1 aromatic carbocycles. The van der Waals surface area contributed by atoms with Crippen molar-refractivity contribution in [3.8, 4) is 5.75 Å². The third-order valence-electron chi connectivity index (χ3n) is 2.68. The minimum atomic E-state index is 0.657. The van der Waals surface area contributed by atoms with E-state index in [1.165, 1.54) is 11.1 Å². The molecule has 2 rings (SSSR count). The molecular formula is C13H16N2OS. The summed E-state index contributed by atoms with van der Waals surface area (Å²) in [5, 5.41) is 7.68. The second-order valence-corrected chi connectivity index (χ2v) is 4.63. The highest BCUT2D eigenvalue weighted by Gasteiger charge is 2.02. The maximum atomic E-state index is 5.76. The Balaban J connectivity index is 2.07. The Bertz CT molecular complexity index is 508. The van der Waals surface area contributed by atoms with Gasteiger partial charge in [0.15, 0.2) is 0 Å². The molecule has 3 N–H and O–H groups in total. The Labute approximate surface area is 105 Å². The van der Waals surface area contributed by atoms with E-state index in [-0.39, 0.29) is 0 Å². The number of nitrogens with two attached hydrogens (primary N) is 1. The molecule has 17 heavy (non-hydrogen) atoms. The fraction of sp³-hybridized carbons (Fsp3) is 0.231. The lowest BCUT2D eigenvalue weighted by molar-refractivity contribution is 0.417. The summed E-state index contributed by atoms with van der Waals surface area (Å²) < 4.78 is 5.18. The molecule has 1 aromatic heterocycles. The van der Waals surface area contributed by atoms with Crippen LogP contribution in [0.3, 0.4) is 0 Å². The number of thiophene rings is 1. The first-order valence-corrected chi connectivity index (χ1v) is 6.34. The Hall–Kier alpha value is -1.68. The van der Waals surface area contributed by atoms with E-state index in [0.29, 0.717) is 11.4 Å². The molecule has 0 saturated carbocycles. The van der Waals surface area contributed by atoms with Gasteiger partial charge in [0, 0.05) is 18.3 Å². The number of ether oxygens (including phenoxy) is 1. The average molecular weight is 248 g/mol. The molecule has 0 saturated heterocycles. The average Bonchev–Trinajstić information content (AvgIpc) is 2.74. The van der Waals surface area contributed by atoms with Gasteiger partial charge in [-0.2, -0.15) is 11.3 Å². The van der Waals surface area contributed by atoms with E-state index in [2.05, 4.69) is 23.0 Å². The van der Waals surface area contributed by atoms with Crippen LogP contribution in [0.4, 0.5) is 11.4 Å². The molecule has 0 spiro atoms. The second-order valence-electron chi connectivity index (χ2n) is 3.89. The van der Waals surface area contributed by atoms with Crippen LogP contribution in [0.15, 0.2) is 29.0 Å². The molecule has 0 atom stereocenters. The first-order valence-electron chi connectivity index (χ1n) is 5.39. The number of nitrogens with one attached hydrogen (secondary N) is 1. The summed E-state index contributed by atoms with van der Waals surface area (Å²) in [7, 11) is 1.62. The van der Waals surface area contributed by atoms with Gasteiger partial charge in [0.05, 0.1) is 12.8 Å². The van der Waals surface area contributed by atoms with Gasteiger partial charge in [-0.3, -0.25) is 0 Å². The minimum absolute atomic E-state index is 0.657. The summed E-state index contributed by atoms with van der Waals surface area (Å²) in [6, 6.07) is 5.72. The van der Waals surface area contributed by atoms with Gasteiger partial charge >= 0.3 is 0 Å². The van der Waals surface area contributed by atoms with Crippen molar-refractivity contribution < 1.29 is 4.74 Å². The van der Waals surface area contributed by atoms with Gasteiger partial charge in [0.2, 0.25) is 0 Å². The Kier molecular flexibility index (Phi) is 3.54. The lowest BCUT2D eigenvalue weighted by Crippen LogP contribution is -2.00. The number of aryl methyl sites for hydroxylation is 1. The monoisotopic (exact) mass is 248 g/mol. The van der Waals surface area contributed by atoms with E-state index in [1.54, 1.807) is 18.4 Å². The van der Waals surface area contributed by atoms with Crippen LogP contribution in [0, 0.1) is 6.92 Å². The third kappa shape index (κ3) is 2.71. The molecule has 1 heterocycles. The van der Waals surface area contributed by atoms with Crippen molar-refractivity contribution in [1.82, 2.24) is 0 Å². The van der Waals surface area contributed by atoms with Crippen LogP contribution in [0.1, 0.15) is 11.1 Å². The number of anilines is 2. The van der Waals surface area contributed by atoms with Gasteiger partial charge in [-0.15, -0.1) is 0 Å². The van der Waals surface area contributed by atoms with Gasteiger partial charge in [0.25, 0.3) is 0 Å². The molecule has 0 fully saturated rings. The number of hydrogen-bond acceptors (Lipinski definition) is 4. The molecule has 2 aromatic rings. The molecule has 0 amide bonds. The summed E-state index contributed by atoms with van der Waals surface area (Å²) in [6.45, 7) is 2.94. The van der Waals surface area contributed by atoms with E-state index in [1.807, 2.05) is 18.2 Å². The standard InChI is InChI=1S/C13H16N2OS/c1-9-7-17-8-10(9)6-15-11-3-4-12(14)13(5-11)16-2/h3-5,7-8,15H,6,14H2,1-2H3. The molecule has 0 aliphatic rings. The van der Waals surface area contributed by atoms with Crippen LogP contribution in [0.2, 0.25) is 0 Å². The number of methoxy groups -OCH3 is 1. The Morgan fingerprint density at radius 3 is 2.82 bits per heavy atom. The molecule has 90 valence electrons. The summed E-state index contributed by atoms with van der Waals surface area (Å²) >= 11 is 1.73. The Morgan fingerprint density at radius 1 is 1.35 bits per heavy atom. The maximum absolute atomic E-state index is 5.76. The van der Waals surface area contributed by atoms with Gasteiger partial charge in [-0.05, 0) is 40.9 Å². The SMILES string of the molecule is COc1cc(NCc2cscc2C)ccc1N. The zero-order valence-electron chi connectivity index (χ0n) is 9.99. The normalized spacial score (nSPS) is 10.2. The van der Waals surface area contributed by atoms with E-state index in [0.717, 1.165) is 12.2 Å². The predicted molar refractivity (Wildman–Crippen MR) is 73.8 cm³/mol. The fourth-order valence-electron chi connectivity index (χ4n) is 1.59. The highest BCUT2D eigenvalue weighted by Crippen LogP contribution is 2.25. The highest BCUT2D eigenvalue weighted by molar-refractivity contribution is 7.08. The highest BCUT2D eigenvalue weighted by atomic mass is 32.1. The molecule has 0 unspecified atom stereocenters. The van der Waals surface area contributed by atoms with Crippen molar-refractivity contribution in [2.24, 2.45) is 0 Å². The lowest BCUT2D eigenvalue weighted by atomic mass is 10.2. The zero-order valence-corrected chi connectivity index (χ0v) is 10.8. The number of nitrogen functional groups attached to an aromatic ring is 1. The van der Waals surface area contributed by atoms with Gasteiger partial charge in [-0.1, -0.05) is 0 Å². The van der Waals surface area contributed by atoms with Crippen LogP contribution < -0.4 is 15.8 Å². The van der Waals surface area contributed by atoms with Crippen molar-refractivity contribution in [1.29, 1.82) is 0 Å². The fourth-order valence-corrected chi connectivity index (χ4v) is 2.44. The largest absolute Gasteiger partial charge is 0.495 e. The molecular weight excluding hydrogens is 232 g/mol. The van der Waals surface area contributed by atoms with Gasteiger partial charge in [-0.25, -0.2) is 0 Å². The number of hydrogen-bond donors (Lipinski definition) is 2. The van der Waals surface area contributed by atoms with Crippen molar-refractivity contribution in [2.45, 2.75) is 13.5 Å². The van der Waals surface area contributed by atoms with Crippen LogP contribution in [0.5, 0.6) is 5.75 Å². The third-order valence-corrected chi connectivity index (χ3v) is 3.59. The smallest absolute Gasteiger partial charge is 0.143 e. The molecule has 4 heteroatoms. The minimum Gasteiger partial charge on any atom is -0.495 e. The molecule has 0 aliphatic heterocycles. The summed E-state index contributed by atoms with van der Waals surface area (Å²) in [4.78, 5) is 0. The van der Waals surface area contributed by atoms with Crippen LogP contribution in [-0.2, 0) is 6.54 Å². The van der Waals surface area contributed by atoms with E-state index < -0.39 is 0 Å². The van der Waals surface area contributed by atoms with Crippen LogP contribution >= 0.6 is 11.3 Å². The first kappa shape index (κ1) is 11.8. The molecule has 0 aliphatic carbocycles. The van der Waals surface area contributed by atoms with Crippen molar-refractivity contribution in [3.05, 3.63) is 40.1 Å². The predicted octanol–water partition coefficient (Wildman–Crippen LogP) is 3.26. The van der Waals surface area contributed by atoms with Crippen LogP contribution in [-0.4, -0.2) is 7.11 Å². The first-order chi connectivity index (χ1) is 8.20. The quantitative estimate of drug-likeness (QED) is 0.816. The Morgan fingerprint density at radius 2 is 2.18 bits per heavy atom. The molecule has 3 nitrogen and oxygen atoms in total. The second kappa shape index (κ2) is 5.10. The van der Waals surface area contributed by atoms with Crippen molar-refractivity contribution in [3.63, 3.8) is 0 Å².